The third-order valence-electron chi connectivity index (χ3n) is 6.11. The van der Waals surface area contributed by atoms with E-state index in [0.717, 1.165) is 22.6 Å². The summed E-state index contributed by atoms with van der Waals surface area (Å²) in [5.74, 6) is -0.449. The highest BCUT2D eigenvalue weighted by atomic mass is 35.5. The summed E-state index contributed by atoms with van der Waals surface area (Å²) in [6, 6.07) is 16.9. The molecule has 2 heterocycles. The molecule has 0 spiro atoms. The Labute approximate surface area is 226 Å². The third-order valence-corrected chi connectivity index (χ3v) is 6.36. The minimum absolute atomic E-state index is 0.252. The van der Waals surface area contributed by atoms with Gasteiger partial charge in [0.05, 0.1) is 22.6 Å². The molecule has 8 heteroatoms. The first-order chi connectivity index (χ1) is 17.9. The molecule has 2 aromatic carbocycles. The number of halogens is 1. The highest BCUT2D eigenvalue weighted by Gasteiger charge is 2.33. The molecule has 194 valence electrons. The zero-order valence-corrected chi connectivity index (χ0v) is 22.8. The summed E-state index contributed by atoms with van der Waals surface area (Å²) < 4.78 is 11.3. The van der Waals surface area contributed by atoms with E-state index in [1.54, 1.807) is 52.0 Å². The number of carboxylic acid groups (broad SMARTS) is 1. The molecular formula is C30H28ClN3O4. The van der Waals surface area contributed by atoms with Crippen molar-refractivity contribution >= 4 is 17.6 Å². The number of carboxylic acids is 1. The first kappa shape index (κ1) is 27.1. The van der Waals surface area contributed by atoms with Gasteiger partial charge in [-0.1, -0.05) is 53.2 Å². The van der Waals surface area contributed by atoms with Crippen molar-refractivity contribution in [3.8, 4) is 39.6 Å². The zero-order valence-electron chi connectivity index (χ0n) is 22.1. The second-order valence-corrected chi connectivity index (χ2v) is 10.5. The number of benzene rings is 2. The number of aromatic nitrogens is 2. The van der Waals surface area contributed by atoms with E-state index in [0.29, 0.717) is 38.7 Å². The minimum Gasteiger partial charge on any atom is -0.479 e. The first-order valence-corrected chi connectivity index (χ1v) is 12.4. The number of carbonyl (C=O) groups is 1. The molecule has 1 N–H and O–H groups in total. The van der Waals surface area contributed by atoms with Gasteiger partial charge in [-0.25, -0.2) is 4.79 Å². The van der Waals surface area contributed by atoms with E-state index >= 15 is 0 Å². The number of hydrogen-bond donors (Lipinski definition) is 1. The number of nitrogens with zero attached hydrogens (tertiary/aromatic N) is 3. The molecule has 0 radical (unpaired) electrons. The van der Waals surface area contributed by atoms with Gasteiger partial charge in [-0.05, 0) is 64.8 Å². The van der Waals surface area contributed by atoms with Crippen LogP contribution in [0.25, 0.3) is 33.5 Å². The lowest BCUT2D eigenvalue weighted by atomic mass is 9.88. The Bertz CT molecular complexity index is 1520. The Hall–Kier alpha value is -3.99. The summed E-state index contributed by atoms with van der Waals surface area (Å²) in [6.07, 6.45) is -1.34. The Morgan fingerprint density at radius 1 is 0.974 bits per heavy atom. The second-order valence-electron chi connectivity index (χ2n) is 10.1. The smallest absolute Gasteiger partial charge is 0.337 e. The van der Waals surface area contributed by atoms with Gasteiger partial charge in [0.1, 0.15) is 11.8 Å². The molecule has 0 aliphatic rings. The van der Waals surface area contributed by atoms with Gasteiger partial charge in [0.25, 0.3) is 0 Å². The summed E-state index contributed by atoms with van der Waals surface area (Å²) in [6.45, 7) is 10.8. The molecule has 0 aliphatic heterocycles. The molecular weight excluding hydrogens is 502 g/mol. The Morgan fingerprint density at radius 2 is 1.53 bits per heavy atom. The molecule has 1 atom stereocenters. The predicted molar refractivity (Wildman–Crippen MR) is 146 cm³/mol. The van der Waals surface area contributed by atoms with Crippen LogP contribution in [0.3, 0.4) is 0 Å². The van der Waals surface area contributed by atoms with Crippen molar-refractivity contribution in [2.75, 3.05) is 0 Å². The lowest BCUT2D eigenvalue weighted by Gasteiger charge is -2.28. The van der Waals surface area contributed by atoms with Gasteiger partial charge in [-0.2, -0.15) is 5.26 Å². The number of rotatable bonds is 6. The number of pyridine rings is 1. The van der Waals surface area contributed by atoms with Crippen LogP contribution in [-0.4, -0.2) is 26.8 Å². The monoisotopic (exact) mass is 529 g/mol. The van der Waals surface area contributed by atoms with Gasteiger partial charge in [0.2, 0.25) is 0 Å². The summed E-state index contributed by atoms with van der Waals surface area (Å²) in [7, 11) is 0. The van der Waals surface area contributed by atoms with Crippen LogP contribution in [0.5, 0.6) is 0 Å². The molecule has 4 rings (SSSR count). The highest BCUT2D eigenvalue weighted by Crippen LogP contribution is 2.41. The van der Waals surface area contributed by atoms with Crippen LogP contribution in [-0.2, 0) is 9.53 Å². The fourth-order valence-corrected chi connectivity index (χ4v) is 4.67. The lowest BCUT2D eigenvalue weighted by molar-refractivity contribution is -0.160. The third kappa shape index (κ3) is 5.33. The van der Waals surface area contributed by atoms with Crippen molar-refractivity contribution < 1.29 is 19.2 Å². The van der Waals surface area contributed by atoms with E-state index in [4.69, 9.17) is 25.8 Å². The van der Waals surface area contributed by atoms with Gasteiger partial charge in [-0.3, -0.25) is 4.98 Å². The van der Waals surface area contributed by atoms with E-state index in [1.165, 1.54) is 0 Å². The maximum absolute atomic E-state index is 12.5. The number of nitriles is 1. The van der Waals surface area contributed by atoms with Crippen LogP contribution in [0, 0.1) is 32.1 Å². The Kier molecular flexibility index (Phi) is 7.41. The number of hydrogen-bond acceptors (Lipinski definition) is 6. The summed E-state index contributed by atoms with van der Waals surface area (Å²) in [5.41, 5.74) is 5.18. The summed E-state index contributed by atoms with van der Waals surface area (Å²) in [5, 5.41) is 25.1. The minimum atomic E-state index is -1.34. The van der Waals surface area contributed by atoms with Crippen molar-refractivity contribution in [1.82, 2.24) is 10.1 Å². The molecule has 0 fully saturated rings. The number of aryl methyl sites for hydroxylation is 3. The van der Waals surface area contributed by atoms with Crippen molar-refractivity contribution in [2.24, 2.45) is 0 Å². The first-order valence-electron chi connectivity index (χ1n) is 12.1. The summed E-state index contributed by atoms with van der Waals surface area (Å²) in [4.78, 5) is 17.2. The fourth-order valence-electron chi connectivity index (χ4n) is 4.55. The molecule has 0 saturated carbocycles. The average Bonchev–Trinajstić information content (AvgIpc) is 3.19. The van der Waals surface area contributed by atoms with Gasteiger partial charge >= 0.3 is 5.97 Å². The van der Waals surface area contributed by atoms with E-state index in [1.807, 2.05) is 38.1 Å². The summed E-state index contributed by atoms with van der Waals surface area (Å²) >= 11 is 6.14. The van der Waals surface area contributed by atoms with Crippen molar-refractivity contribution in [2.45, 2.75) is 53.2 Å². The van der Waals surface area contributed by atoms with E-state index in [9.17, 15) is 15.2 Å². The lowest BCUT2D eigenvalue weighted by Crippen LogP contribution is -2.28. The number of ether oxygens (including phenoxy) is 1. The van der Waals surface area contributed by atoms with Crippen LogP contribution >= 0.6 is 11.6 Å². The molecule has 0 bridgehead atoms. The van der Waals surface area contributed by atoms with Crippen molar-refractivity contribution in [1.29, 1.82) is 5.26 Å². The topological polar surface area (TPSA) is 109 Å². The van der Waals surface area contributed by atoms with Crippen LogP contribution in [0.15, 0.2) is 53.1 Å². The molecule has 0 aliphatic carbocycles. The predicted octanol–water partition coefficient (Wildman–Crippen LogP) is 7.46. The molecule has 7 nitrogen and oxygen atoms in total. The molecule has 38 heavy (non-hydrogen) atoms. The standard InChI is InChI=1S/C30H28ClN3O4/c1-16-25(28(29(35)36)37-30(4,5)6)26(20-11-13-22(31)14-12-20)23(15-32)27(33-16)21-9-7-19(8-10-21)24-17(2)34-38-18(24)3/h7-14,28H,1-6H3,(H,35,36). The zero-order chi connectivity index (χ0) is 27.8. The van der Waals surface area contributed by atoms with Crippen LogP contribution in [0.4, 0.5) is 0 Å². The fraction of sp³-hybridized carbons (Fsp3) is 0.267. The van der Waals surface area contributed by atoms with Crippen LogP contribution < -0.4 is 0 Å². The Morgan fingerprint density at radius 3 is 2.03 bits per heavy atom. The van der Waals surface area contributed by atoms with Crippen molar-refractivity contribution in [3.63, 3.8) is 0 Å². The van der Waals surface area contributed by atoms with Gasteiger partial charge in [0, 0.05) is 33.0 Å². The van der Waals surface area contributed by atoms with Gasteiger partial charge in [-0.15, -0.1) is 0 Å². The van der Waals surface area contributed by atoms with Crippen molar-refractivity contribution in [3.05, 3.63) is 81.8 Å². The largest absolute Gasteiger partial charge is 0.479 e. The van der Waals surface area contributed by atoms with E-state index in [2.05, 4.69) is 11.2 Å². The average molecular weight is 530 g/mol. The molecule has 4 aromatic rings. The normalized spacial score (nSPS) is 12.3. The molecule has 2 aromatic heterocycles. The van der Waals surface area contributed by atoms with Crippen LogP contribution in [0.1, 0.15) is 55.2 Å². The van der Waals surface area contributed by atoms with Gasteiger partial charge in [0.15, 0.2) is 6.10 Å². The quantitative estimate of drug-likeness (QED) is 0.276. The van der Waals surface area contributed by atoms with Crippen LogP contribution in [0.2, 0.25) is 5.02 Å². The SMILES string of the molecule is Cc1noc(C)c1-c1ccc(-c2nc(C)c(C(OC(C)(C)C)C(=O)O)c(-c3ccc(Cl)cc3)c2C#N)cc1. The maximum atomic E-state index is 12.5. The van der Waals surface area contributed by atoms with E-state index < -0.39 is 17.7 Å². The molecule has 1 unspecified atom stereocenters. The van der Waals surface area contributed by atoms with Gasteiger partial charge < -0.3 is 14.4 Å². The number of aliphatic carboxylic acids is 1. The second kappa shape index (κ2) is 10.4. The highest BCUT2D eigenvalue weighted by molar-refractivity contribution is 6.30. The molecule has 0 amide bonds. The maximum Gasteiger partial charge on any atom is 0.337 e. The van der Waals surface area contributed by atoms with E-state index in [-0.39, 0.29) is 5.56 Å². The Balaban J connectivity index is 1.97. The molecule has 0 saturated heterocycles.